The largest absolute Gasteiger partial charge is 0.478 e. The molecule has 1 heterocycles. The van der Waals surface area contributed by atoms with Crippen LogP contribution in [0.5, 0.6) is 0 Å². The van der Waals surface area contributed by atoms with E-state index in [-0.39, 0.29) is 0 Å². The molecule has 0 amide bonds. The monoisotopic (exact) mass is 158 g/mol. The Balaban J connectivity index is 2.45. The molecule has 10 heavy (non-hydrogen) atoms. The summed E-state index contributed by atoms with van der Waals surface area (Å²) in [7, 11) is 0. The number of thioether (sulfide) groups is 1. The van der Waals surface area contributed by atoms with Gasteiger partial charge in [-0.3, -0.25) is 0 Å². The lowest BCUT2D eigenvalue weighted by Gasteiger charge is -2.11. The molecule has 0 aromatic heterocycles. The molecule has 1 N–H and O–H groups in total. The summed E-state index contributed by atoms with van der Waals surface area (Å²) >= 11 is 1.81. The van der Waals surface area contributed by atoms with E-state index in [4.69, 9.17) is 5.11 Å². The number of carbonyl (C=O) groups is 1. The summed E-state index contributed by atoms with van der Waals surface area (Å²) in [6, 6.07) is 0. The molecular formula is C7H10O2S. The molecule has 0 aromatic rings. The lowest BCUT2D eigenvalue weighted by atomic mass is 10.1. The third-order valence-electron chi connectivity index (χ3n) is 1.40. The minimum Gasteiger partial charge on any atom is -0.478 e. The van der Waals surface area contributed by atoms with Crippen molar-refractivity contribution in [1.29, 1.82) is 0 Å². The number of hydrogen-bond donors (Lipinski definition) is 1. The lowest BCUT2D eigenvalue weighted by molar-refractivity contribution is -0.131. The van der Waals surface area contributed by atoms with E-state index in [9.17, 15) is 4.79 Å². The van der Waals surface area contributed by atoms with Gasteiger partial charge in [-0.15, -0.1) is 0 Å². The fourth-order valence-electron chi connectivity index (χ4n) is 0.965. The molecule has 1 rings (SSSR count). The van der Waals surface area contributed by atoms with E-state index in [0.29, 0.717) is 0 Å². The summed E-state index contributed by atoms with van der Waals surface area (Å²) in [5, 5.41) is 8.38. The Morgan fingerprint density at radius 3 is 3.00 bits per heavy atom. The highest BCUT2D eigenvalue weighted by molar-refractivity contribution is 7.99. The van der Waals surface area contributed by atoms with Gasteiger partial charge in [-0.05, 0) is 18.6 Å². The van der Waals surface area contributed by atoms with Gasteiger partial charge in [0.1, 0.15) is 0 Å². The molecule has 1 saturated heterocycles. The van der Waals surface area contributed by atoms with Crippen molar-refractivity contribution in [3.8, 4) is 0 Å². The van der Waals surface area contributed by atoms with Gasteiger partial charge in [0.2, 0.25) is 0 Å². The summed E-state index contributed by atoms with van der Waals surface area (Å²) in [5.41, 5.74) is 1.07. The average Bonchev–Trinajstić information content (AvgIpc) is 1.88. The van der Waals surface area contributed by atoms with E-state index in [0.717, 1.165) is 24.2 Å². The molecule has 0 aliphatic carbocycles. The van der Waals surface area contributed by atoms with Gasteiger partial charge in [-0.1, -0.05) is 5.57 Å². The normalized spacial score (nSPS) is 23.0. The predicted octanol–water partition coefficient (Wildman–Crippen LogP) is 1.52. The number of carboxylic acid groups (broad SMARTS) is 1. The molecular weight excluding hydrogens is 148 g/mol. The standard InChI is InChI=1S/C7H10O2S/c8-7(9)4-6-2-1-3-10-5-6/h4H,1-3,5H2,(H,8,9)/b6-4-. The van der Waals surface area contributed by atoms with Crippen LogP contribution in [0.2, 0.25) is 0 Å². The second kappa shape index (κ2) is 3.66. The van der Waals surface area contributed by atoms with Crippen molar-refractivity contribution in [2.45, 2.75) is 12.8 Å². The molecule has 1 aliphatic heterocycles. The number of rotatable bonds is 1. The fraction of sp³-hybridized carbons (Fsp3) is 0.571. The summed E-state index contributed by atoms with van der Waals surface area (Å²) in [4.78, 5) is 10.2. The summed E-state index contributed by atoms with van der Waals surface area (Å²) in [6.07, 6.45) is 3.44. The average molecular weight is 158 g/mol. The molecule has 1 aliphatic rings. The molecule has 2 nitrogen and oxygen atoms in total. The van der Waals surface area contributed by atoms with Crippen LogP contribution in [0.15, 0.2) is 11.6 Å². The molecule has 3 heteroatoms. The second-order valence-electron chi connectivity index (χ2n) is 2.30. The van der Waals surface area contributed by atoms with Gasteiger partial charge in [0.25, 0.3) is 0 Å². The molecule has 0 bridgehead atoms. The van der Waals surface area contributed by atoms with Gasteiger partial charge < -0.3 is 5.11 Å². The van der Waals surface area contributed by atoms with Crippen LogP contribution in [0.1, 0.15) is 12.8 Å². The van der Waals surface area contributed by atoms with E-state index >= 15 is 0 Å². The highest BCUT2D eigenvalue weighted by Crippen LogP contribution is 2.21. The van der Waals surface area contributed by atoms with Crippen LogP contribution < -0.4 is 0 Å². The van der Waals surface area contributed by atoms with Crippen LogP contribution in [0.25, 0.3) is 0 Å². The van der Waals surface area contributed by atoms with Crippen LogP contribution in [0.4, 0.5) is 0 Å². The summed E-state index contributed by atoms with van der Waals surface area (Å²) in [6.45, 7) is 0. The smallest absolute Gasteiger partial charge is 0.328 e. The topological polar surface area (TPSA) is 37.3 Å². The van der Waals surface area contributed by atoms with Gasteiger partial charge >= 0.3 is 5.97 Å². The number of carboxylic acids is 1. The van der Waals surface area contributed by atoms with E-state index in [1.807, 2.05) is 11.8 Å². The first-order valence-corrected chi connectivity index (χ1v) is 4.44. The van der Waals surface area contributed by atoms with E-state index < -0.39 is 5.97 Å². The zero-order valence-electron chi connectivity index (χ0n) is 5.67. The maximum atomic E-state index is 10.2. The third kappa shape index (κ3) is 2.43. The summed E-state index contributed by atoms with van der Waals surface area (Å²) in [5.74, 6) is 1.28. The molecule has 0 atom stereocenters. The highest BCUT2D eigenvalue weighted by atomic mass is 32.2. The molecule has 0 unspecified atom stereocenters. The Labute approximate surface area is 64.3 Å². The Morgan fingerprint density at radius 1 is 1.70 bits per heavy atom. The minimum absolute atomic E-state index is 0.808. The van der Waals surface area contributed by atoms with E-state index in [2.05, 4.69) is 0 Å². The first-order valence-electron chi connectivity index (χ1n) is 3.29. The first-order chi connectivity index (χ1) is 4.79. The quantitative estimate of drug-likeness (QED) is 0.588. The zero-order valence-corrected chi connectivity index (χ0v) is 6.49. The maximum Gasteiger partial charge on any atom is 0.328 e. The third-order valence-corrected chi connectivity index (χ3v) is 2.55. The van der Waals surface area contributed by atoms with Crippen LogP contribution in [-0.4, -0.2) is 22.6 Å². The van der Waals surface area contributed by atoms with E-state index in [1.54, 1.807) is 0 Å². The van der Waals surface area contributed by atoms with Crippen LogP contribution in [0, 0.1) is 0 Å². The number of hydrogen-bond acceptors (Lipinski definition) is 2. The van der Waals surface area contributed by atoms with Crippen LogP contribution in [0.3, 0.4) is 0 Å². The lowest BCUT2D eigenvalue weighted by Crippen LogP contribution is -2.01. The minimum atomic E-state index is -0.808. The highest BCUT2D eigenvalue weighted by Gasteiger charge is 2.06. The molecule has 1 fully saturated rings. The molecule has 56 valence electrons. The fourth-order valence-corrected chi connectivity index (χ4v) is 1.95. The van der Waals surface area contributed by atoms with Crippen LogP contribution >= 0.6 is 11.8 Å². The first kappa shape index (κ1) is 7.66. The Kier molecular flexibility index (Phi) is 2.81. The molecule has 0 radical (unpaired) electrons. The van der Waals surface area contributed by atoms with Gasteiger partial charge in [-0.25, -0.2) is 4.79 Å². The maximum absolute atomic E-state index is 10.2. The molecule has 0 aromatic carbocycles. The Bertz CT molecular complexity index is 155. The Hall–Kier alpha value is -0.440. The zero-order chi connectivity index (χ0) is 7.40. The van der Waals surface area contributed by atoms with Crippen molar-refractivity contribution in [3.05, 3.63) is 11.6 Å². The van der Waals surface area contributed by atoms with Crippen molar-refractivity contribution in [2.24, 2.45) is 0 Å². The summed E-state index contributed by atoms with van der Waals surface area (Å²) < 4.78 is 0. The van der Waals surface area contributed by atoms with Gasteiger partial charge in [0.15, 0.2) is 0 Å². The predicted molar refractivity (Wildman–Crippen MR) is 42.3 cm³/mol. The van der Waals surface area contributed by atoms with Crippen LogP contribution in [-0.2, 0) is 4.79 Å². The van der Waals surface area contributed by atoms with Gasteiger partial charge in [-0.2, -0.15) is 11.8 Å². The van der Waals surface area contributed by atoms with Gasteiger partial charge in [0, 0.05) is 11.8 Å². The molecule has 0 saturated carbocycles. The van der Waals surface area contributed by atoms with E-state index in [1.165, 1.54) is 11.8 Å². The SMILES string of the molecule is O=C(O)/C=C1/CCCSC1. The van der Waals surface area contributed by atoms with Crippen molar-refractivity contribution in [1.82, 2.24) is 0 Å². The van der Waals surface area contributed by atoms with Crippen molar-refractivity contribution in [2.75, 3.05) is 11.5 Å². The van der Waals surface area contributed by atoms with Crippen molar-refractivity contribution < 1.29 is 9.90 Å². The van der Waals surface area contributed by atoms with Crippen molar-refractivity contribution >= 4 is 17.7 Å². The molecule has 0 spiro atoms. The second-order valence-corrected chi connectivity index (χ2v) is 3.40. The van der Waals surface area contributed by atoms with Gasteiger partial charge in [0.05, 0.1) is 0 Å². The number of aliphatic carboxylic acids is 1. The Morgan fingerprint density at radius 2 is 2.50 bits per heavy atom. The van der Waals surface area contributed by atoms with Crippen molar-refractivity contribution in [3.63, 3.8) is 0 Å².